The van der Waals surface area contributed by atoms with E-state index < -0.39 is 18.0 Å². The molecule has 1 aromatic rings. The lowest BCUT2D eigenvalue weighted by atomic mass is 10.3. The molecular weight excluding hydrogens is 242 g/mol. The molecule has 3 N–H and O–H groups in total. The Morgan fingerprint density at radius 1 is 1.47 bits per heavy atom. The number of nitrogens with one attached hydrogen (secondary N) is 2. The summed E-state index contributed by atoms with van der Waals surface area (Å²) < 4.78 is 0. The highest BCUT2D eigenvalue weighted by atomic mass is 32.1. The molecule has 92 valence electrons. The van der Waals surface area contributed by atoms with E-state index in [4.69, 9.17) is 5.11 Å². The van der Waals surface area contributed by atoms with E-state index in [1.54, 1.807) is 0 Å². The first kappa shape index (κ1) is 11.8. The van der Waals surface area contributed by atoms with Gasteiger partial charge in [-0.1, -0.05) is 0 Å². The van der Waals surface area contributed by atoms with E-state index in [1.807, 2.05) is 0 Å². The minimum atomic E-state index is -1.07. The average Bonchev–Trinajstić information content (AvgIpc) is 2.76. The van der Waals surface area contributed by atoms with Crippen molar-refractivity contribution in [2.45, 2.75) is 32.2 Å². The number of hydrogen-bond donors (Lipinski definition) is 3. The molecule has 0 aromatic carbocycles. The number of amides is 2. The molecule has 1 aliphatic carbocycles. The molecule has 0 spiro atoms. The van der Waals surface area contributed by atoms with Crippen LogP contribution in [0.2, 0.25) is 0 Å². The van der Waals surface area contributed by atoms with Crippen LogP contribution in [0, 0.1) is 0 Å². The molecule has 1 heterocycles. The summed E-state index contributed by atoms with van der Waals surface area (Å²) in [6.07, 6.45) is 3.10. The molecule has 2 rings (SSSR count). The molecule has 0 bridgehead atoms. The van der Waals surface area contributed by atoms with E-state index in [0.717, 1.165) is 25.0 Å². The fourth-order valence-corrected chi connectivity index (χ4v) is 2.68. The number of carboxylic acid groups (broad SMARTS) is 1. The van der Waals surface area contributed by atoms with Crippen molar-refractivity contribution in [2.75, 3.05) is 5.32 Å². The van der Waals surface area contributed by atoms with Crippen LogP contribution in [0.15, 0.2) is 0 Å². The molecule has 0 saturated heterocycles. The maximum atomic E-state index is 11.4. The Hall–Kier alpha value is -1.63. The van der Waals surface area contributed by atoms with Crippen LogP contribution in [0.1, 0.15) is 23.9 Å². The number of aryl methyl sites for hydroxylation is 2. The molecule has 0 unspecified atom stereocenters. The summed E-state index contributed by atoms with van der Waals surface area (Å²) >= 11 is 1.46. The first-order valence-electron chi connectivity index (χ1n) is 5.35. The largest absolute Gasteiger partial charge is 0.480 e. The average molecular weight is 255 g/mol. The van der Waals surface area contributed by atoms with Gasteiger partial charge in [0.2, 0.25) is 0 Å². The number of carbonyl (C=O) groups excluding carboxylic acids is 1. The lowest BCUT2D eigenvalue weighted by molar-refractivity contribution is -0.138. The molecular formula is C10H13N3O3S. The summed E-state index contributed by atoms with van der Waals surface area (Å²) in [6.45, 7) is 1.41. The first-order chi connectivity index (χ1) is 8.06. The fourth-order valence-electron chi connectivity index (χ4n) is 1.64. The lowest BCUT2D eigenvalue weighted by Gasteiger charge is -2.08. The first-order valence-corrected chi connectivity index (χ1v) is 6.17. The SMILES string of the molecule is C[C@@H](NC(=O)Nc1nc2c(s1)CCC2)C(=O)O. The van der Waals surface area contributed by atoms with Crippen molar-refractivity contribution in [2.24, 2.45) is 0 Å². The summed E-state index contributed by atoms with van der Waals surface area (Å²) in [7, 11) is 0. The molecule has 2 amide bonds. The number of urea groups is 1. The van der Waals surface area contributed by atoms with Crippen LogP contribution < -0.4 is 10.6 Å². The minimum absolute atomic E-state index is 0.532. The Morgan fingerprint density at radius 3 is 2.88 bits per heavy atom. The Morgan fingerprint density at radius 2 is 2.24 bits per heavy atom. The number of anilines is 1. The highest BCUT2D eigenvalue weighted by Gasteiger charge is 2.19. The molecule has 0 saturated carbocycles. The van der Waals surface area contributed by atoms with Gasteiger partial charge in [0.05, 0.1) is 5.69 Å². The van der Waals surface area contributed by atoms with Crippen molar-refractivity contribution < 1.29 is 14.7 Å². The third kappa shape index (κ3) is 2.73. The molecule has 6 nitrogen and oxygen atoms in total. The second kappa shape index (κ2) is 4.70. The van der Waals surface area contributed by atoms with E-state index in [-0.39, 0.29) is 0 Å². The maximum Gasteiger partial charge on any atom is 0.325 e. The van der Waals surface area contributed by atoms with Crippen LogP contribution in [0.25, 0.3) is 0 Å². The molecule has 17 heavy (non-hydrogen) atoms. The second-order valence-electron chi connectivity index (χ2n) is 3.90. The van der Waals surface area contributed by atoms with E-state index in [1.165, 1.54) is 23.1 Å². The quantitative estimate of drug-likeness (QED) is 0.757. The van der Waals surface area contributed by atoms with Gasteiger partial charge in [-0.2, -0.15) is 0 Å². The minimum Gasteiger partial charge on any atom is -0.480 e. The standard InChI is InChI=1S/C10H13N3O3S/c1-5(8(14)15)11-9(16)13-10-12-6-3-2-4-7(6)17-10/h5H,2-4H2,1H3,(H,14,15)(H2,11,12,13,16)/t5-/m1/s1. The summed E-state index contributed by atoms with van der Waals surface area (Å²) in [6, 6.07) is -1.45. The maximum absolute atomic E-state index is 11.4. The highest BCUT2D eigenvalue weighted by molar-refractivity contribution is 7.15. The number of carbonyl (C=O) groups is 2. The third-order valence-electron chi connectivity index (χ3n) is 2.53. The zero-order valence-corrected chi connectivity index (χ0v) is 10.1. The molecule has 7 heteroatoms. The van der Waals surface area contributed by atoms with Crippen LogP contribution in [0.5, 0.6) is 0 Å². The fraction of sp³-hybridized carbons (Fsp3) is 0.500. The van der Waals surface area contributed by atoms with Crippen molar-refractivity contribution >= 4 is 28.5 Å². The summed E-state index contributed by atoms with van der Waals surface area (Å²) in [5.74, 6) is -1.07. The summed E-state index contributed by atoms with van der Waals surface area (Å²) in [5, 5.41) is 14.0. The van der Waals surface area contributed by atoms with Crippen molar-refractivity contribution in [3.8, 4) is 0 Å². The number of nitrogens with zero attached hydrogens (tertiary/aromatic N) is 1. The number of hydrogen-bond acceptors (Lipinski definition) is 4. The van der Waals surface area contributed by atoms with Crippen LogP contribution in [-0.4, -0.2) is 28.1 Å². The normalized spacial score (nSPS) is 15.1. The van der Waals surface area contributed by atoms with E-state index in [9.17, 15) is 9.59 Å². The number of fused-ring (bicyclic) bond motifs is 1. The summed E-state index contributed by atoms with van der Waals surface area (Å²) in [4.78, 5) is 27.5. The highest BCUT2D eigenvalue weighted by Crippen LogP contribution is 2.30. The molecule has 1 aliphatic rings. The molecule has 1 atom stereocenters. The van der Waals surface area contributed by atoms with Gasteiger partial charge in [-0.15, -0.1) is 11.3 Å². The van der Waals surface area contributed by atoms with Crippen molar-refractivity contribution in [1.29, 1.82) is 0 Å². The Labute approximate surface area is 102 Å². The monoisotopic (exact) mass is 255 g/mol. The van der Waals surface area contributed by atoms with Gasteiger partial charge < -0.3 is 10.4 Å². The molecule has 0 aliphatic heterocycles. The summed E-state index contributed by atoms with van der Waals surface area (Å²) in [5.41, 5.74) is 1.05. The number of rotatable bonds is 3. The predicted octanol–water partition coefficient (Wildman–Crippen LogP) is 1.23. The zero-order valence-electron chi connectivity index (χ0n) is 9.32. The van der Waals surface area contributed by atoms with E-state index >= 15 is 0 Å². The zero-order chi connectivity index (χ0) is 12.4. The van der Waals surface area contributed by atoms with Crippen molar-refractivity contribution in [1.82, 2.24) is 10.3 Å². The van der Waals surface area contributed by atoms with Crippen LogP contribution in [-0.2, 0) is 17.6 Å². The van der Waals surface area contributed by atoms with Crippen LogP contribution in [0.3, 0.4) is 0 Å². The molecule has 0 fully saturated rings. The van der Waals surface area contributed by atoms with Gasteiger partial charge in [-0.25, -0.2) is 9.78 Å². The third-order valence-corrected chi connectivity index (χ3v) is 3.61. The number of aromatic nitrogens is 1. The van der Waals surface area contributed by atoms with Gasteiger partial charge in [0.1, 0.15) is 6.04 Å². The smallest absolute Gasteiger partial charge is 0.325 e. The topological polar surface area (TPSA) is 91.3 Å². The van der Waals surface area contributed by atoms with Crippen molar-refractivity contribution in [3.63, 3.8) is 0 Å². The number of thiazole rings is 1. The predicted molar refractivity (Wildman–Crippen MR) is 63.4 cm³/mol. The second-order valence-corrected chi connectivity index (χ2v) is 4.98. The number of carboxylic acids is 1. The van der Waals surface area contributed by atoms with E-state index in [0.29, 0.717) is 5.13 Å². The van der Waals surface area contributed by atoms with Crippen LogP contribution in [0.4, 0.5) is 9.93 Å². The van der Waals surface area contributed by atoms with Gasteiger partial charge in [-0.3, -0.25) is 10.1 Å². The molecule has 1 aromatic heterocycles. The Bertz CT molecular complexity index is 436. The van der Waals surface area contributed by atoms with Crippen LogP contribution >= 0.6 is 11.3 Å². The lowest BCUT2D eigenvalue weighted by Crippen LogP contribution is -2.40. The van der Waals surface area contributed by atoms with Gasteiger partial charge in [0.15, 0.2) is 5.13 Å². The number of aliphatic carboxylic acids is 1. The Balaban J connectivity index is 1.92. The van der Waals surface area contributed by atoms with Gasteiger partial charge >= 0.3 is 12.0 Å². The van der Waals surface area contributed by atoms with Crippen molar-refractivity contribution in [3.05, 3.63) is 10.6 Å². The van der Waals surface area contributed by atoms with E-state index in [2.05, 4.69) is 15.6 Å². The van der Waals surface area contributed by atoms with Gasteiger partial charge in [0, 0.05) is 4.88 Å². The van der Waals surface area contributed by atoms with Gasteiger partial charge in [0.25, 0.3) is 0 Å². The molecule has 0 radical (unpaired) electrons. The van der Waals surface area contributed by atoms with Gasteiger partial charge in [-0.05, 0) is 26.2 Å². The Kier molecular flexibility index (Phi) is 3.28.